The van der Waals surface area contributed by atoms with E-state index in [9.17, 15) is 9.59 Å². The number of unbranched alkanes of at least 4 members (excludes halogenated alkanes) is 12. The Morgan fingerprint density at radius 3 is 1.36 bits per heavy atom. The summed E-state index contributed by atoms with van der Waals surface area (Å²) in [5.41, 5.74) is 8.14. The van der Waals surface area contributed by atoms with E-state index in [4.69, 9.17) is 27.5 Å². The number of nitriles is 1. The molecule has 0 saturated carbocycles. The van der Waals surface area contributed by atoms with Gasteiger partial charge in [0, 0.05) is 49.9 Å². The van der Waals surface area contributed by atoms with E-state index in [2.05, 4.69) is 87.7 Å². The topological polar surface area (TPSA) is 177 Å². The summed E-state index contributed by atoms with van der Waals surface area (Å²) >= 11 is 10.3. The molecule has 0 aliphatic rings. The van der Waals surface area contributed by atoms with Gasteiger partial charge in [-0.25, -0.2) is 14.9 Å². The molecule has 0 aliphatic heterocycles. The van der Waals surface area contributed by atoms with Gasteiger partial charge < -0.3 is 28.3 Å². The van der Waals surface area contributed by atoms with Crippen molar-refractivity contribution in [2.24, 2.45) is 0 Å². The first-order valence-corrected chi connectivity index (χ1v) is 27.6. The molecule has 6 heterocycles. The number of hydrogen-bond acceptors (Lipinski definition) is 11. The molecule has 396 valence electrons. The van der Waals surface area contributed by atoms with Crippen LogP contribution in [0.5, 0.6) is 0 Å². The summed E-state index contributed by atoms with van der Waals surface area (Å²) in [6.07, 6.45) is 39.5. The number of thiophene rings is 2. The Morgan fingerprint density at radius 1 is 0.618 bits per heavy atom. The van der Waals surface area contributed by atoms with Crippen LogP contribution in [0.2, 0.25) is 0 Å². The minimum atomic E-state index is -1.24. The van der Waals surface area contributed by atoms with Crippen LogP contribution in [0.3, 0.4) is 0 Å². The van der Waals surface area contributed by atoms with Gasteiger partial charge in [-0.2, -0.15) is 5.16 Å². The van der Waals surface area contributed by atoms with Crippen LogP contribution in [-0.4, -0.2) is 47.2 Å². The zero-order valence-corrected chi connectivity index (χ0v) is 48.3. The minimum absolute atomic E-state index is 0. The third-order valence-electron chi connectivity index (χ3n) is 11.4. The van der Waals surface area contributed by atoms with Crippen LogP contribution < -0.4 is 0 Å². The molecule has 11 nitrogen and oxygen atoms in total. The van der Waals surface area contributed by atoms with Gasteiger partial charge in [0.05, 0.1) is 29.3 Å². The van der Waals surface area contributed by atoms with Crippen molar-refractivity contribution in [3.05, 3.63) is 167 Å². The number of rotatable bonds is 26. The van der Waals surface area contributed by atoms with Gasteiger partial charge in [-0.15, -0.1) is 22.7 Å². The Bertz CT molecular complexity index is 2880. The Morgan fingerprint density at radius 2 is 0.974 bits per heavy atom. The van der Waals surface area contributed by atoms with Crippen LogP contribution in [0, 0.1) is 17.2 Å². The molecule has 0 saturated heterocycles. The molecule has 6 aromatic rings. The van der Waals surface area contributed by atoms with Crippen LogP contribution in [-0.2, 0) is 54.5 Å². The van der Waals surface area contributed by atoms with Crippen molar-refractivity contribution >= 4 is 101 Å². The summed E-state index contributed by atoms with van der Waals surface area (Å²) in [6, 6.07) is 24.0. The van der Waals surface area contributed by atoms with E-state index in [1.165, 1.54) is 140 Å². The maximum Gasteiger partial charge on any atom is 2.00 e. The molecule has 0 spiro atoms. The average molecular weight is 1180 g/mol. The van der Waals surface area contributed by atoms with Gasteiger partial charge in [0.2, 0.25) is 0 Å². The quantitative estimate of drug-likeness (QED) is 0.00772. The number of hydrogen-bond donors (Lipinski definition) is 2. The Labute approximate surface area is 481 Å². The summed E-state index contributed by atoms with van der Waals surface area (Å²) < 4.78 is 0. The predicted molar refractivity (Wildman–Crippen MR) is 317 cm³/mol. The summed E-state index contributed by atoms with van der Waals surface area (Å²) in [5, 5.41) is 35.0. The van der Waals surface area contributed by atoms with Crippen LogP contribution in [0.25, 0.3) is 69.5 Å². The molecule has 0 bridgehead atoms. The summed E-state index contributed by atoms with van der Waals surface area (Å²) in [5.74, 6) is -2.17. The van der Waals surface area contributed by atoms with Crippen molar-refractivity contribution in [3.63, 3.8) is 0 Å². The fourth-order valence-corrected chi connectivity index (χ4v) is 9.24. The molecule has 16 heteroatoms. The molecule has 6 aromatic heterocycles. The third kappa shape index (κ3) is 26.8. The molecule has 0 unspecified atom stereocenters. The number of carboxylic acid groups (broad SMARTS) is 2. The van der Waals surface area contributed by atoms with Gasteiger partial charge in [-0.05, 0) is 152 Å². The number of isothiocyanates is 1. The number of thiocyanates is 1. The second kappa shape index (κ2) is 39.9. The number of aromatic nitrogens is 4. The molecule has 0 amide bonds. The van der Waals surface area contributed by atoms with Gasteiger partial charge in [0.1, 0.15) is 0 Å². The zero-order chi connectivity index (χ0) is 54.5. The summed E-state index contributed by atoms with van der Waals surface area (Å²) in [7, 11) is 0. The molecular formula is C60H65N7O4RuS4. The second-order valence-electron chi connectivity index (χ2n) is 17.2. The number of carbonyl (C=O) groups is 2. The molecule has 0 aliphatic carbocycles. The molecule has 6 rings (SSSR count). The fourth-order valence-electron chi connectivity index (χ4n) is 7.47. The maximum absolute atomic E-state index is 11.1. The van der Waals surface area contributed by atoms with Crippen LogP contribution in [0.4, 0.5) is 0 Å². The van der Waals surface area contributed by atoms with E-state index in [0.29, 0.717) is 10.5 Å². The summed E-state index contributed by atoms with van der Waals surface area (Å²) in [6.45, 7) is 13.1. The van der Waals surface area contributed by atoms with E-state index in [-0.39, 0.29) is 25.2 Å². The number of aliphatic carboxylic acids is 2. The van der Waals surface area contributed by atoms with Gasteiger partial charge >= 0.3 is 31.4 Å². The maximum atomic E-state index is 11.1. The van der Waals surface area contributed by atoms with Crippen LogP contribution in [0.15, 0.2) is 109 Å². The normalized spacial score (nSPS) is 10.9. The van der Waals surface area contributed by atoms with Crippen molar-refractivity contribution in [1.29, 1.82) is 5.26 Å². The number of nitrogens with zero attached hydrogens (tertiary/aromatic N) is 7. The van der Waals surface area contributed by atoms with Crippen molar-refractivity contribution in [2.45, 2.75) is 124 Å². The zero-order valence-electron chi connectivity index (χ0n) is 43.3. The van der Waals surface area contributed by atoms with E-state index in [1.54, 1.807) is 31.5 Å². The Kier molecular flexibility index (Phi) is 34.4. The van der Waals surface area contributed by atoms with Crippen molar-refractivity contribution in [3.8, 4) is 28.2 Å². The molecule has 0 atom stereocenters. The van der Waals surface area contributed by atoms with Gasteiger partial charge in [0.15, 0.2) is 0 Å². The first-order chi connectivity index (χ1) is 36.5. The molecule has 0 aromatic carbocycles. The number of thiocarbonyl (C=S) groups is 1. The molecule has 2 N–H and O–H groups in total. The monoisotopic (exact) mass is 1180 g/mol. The van der Waals surface area contributed by atoms with E-state index in [1.807, 2.05) is 79.2 Å². The smallest absolute Gasteiger partial charge is 0.753 e. The second-order valence-corrected chi connectivity index (χ2v) is 19.9. The average Bonchev–Trinajstić information content (AvgIpc) is 4.08. The number of aryl methyl sites for hydroxylation is 2. The van der Waals surface area contributed by atoms with Crippen molar-refractivity contribution in [1.82, 2.24) is 19.9 Å². The van der Waals surface area contributed by atoms with E-state index < -0.39 is 11.9 Å². The fraction of sp³-hybridized carbons (Fsp3) is 0.317. The van der Waals surface area contributed by atoms with E-state index in [0.717, 1.165) is 61.4 Å². The van der Waals surface area contributed by atoms with Gasteiger partial charge in [-0.1, -0.05) is 121 Å². The van der Waals surface area contributed by atoms with Gasteiger partial charge in [-0.3, -0.25) is 24.7 Å². The molecule has 0 radical (unpaired) electrons. The first kappa shape index (κ1) is 65.6. The van der Waals surface area contributed by atoms with Crippen molar-refractivity contribution in [2.75, 3.05) is 0 Å². The van der Waals surface area contributed by atoms with Crippen molar-refractivity contribution < 1.29 is 39.3 Å². The standard InChI is InChI=1S/C30H21N3O4S2.C28H44N2.CHNS.CNS.Ru/c1-19(29(34)35)15-24-9-7-22(38-24)5-3-20-11-13-32-26(16-20)27-17-21(12-14-33-27)4-6-23-8-10-25(39-23)18-28(31-2)30(36)37;1-3-5-7-9-11-13-15-17-25-19-21-29-27(23-25)28-24-26(20-22-30-28)18-16-14-12-10-8-6-4-2;2*2-1-3;/h3-18H,1H3,(H,34,35)(H,36,37);19-24H,3-18H2,1-2H3;3H;;/q;;;-1;+2/p-1/b5-3+,6-4+,19-15-,28-18-;;;;. The largest absolute Gasteiger partial charge is 2.00 e. The van der Waals surface area contributed by atoms with Gasteiger partial charge in [0.25, 0.3) is 5.70 Å². The molecule has 76 heavy (non-hydrogen) atoms. The van der Waals surface area contributed by atoms with Crippen LogP contribution in [0.1, 0.15) is 152 Å². The number of carboxylic acids is 2. The summed E-state index contributed by atoms with van der Waals surface area (Å²) in [4.78, 5) is 46.8. The molecule has 0 fully saturated rings. The molecular weight excluding hydrogens is 1110 g/mol. The Balaban J connectivity index is 0.000000478. The van der Waals surface area contributed by atoms with E-state index >= 15 is 0 Å². The third-order valence-corrected chi connectivity index (χ3v) is 13.4. The minimum Gasteiger partial charge on any atom is -0.753 e. The first-order valence-electron chi connectivity index (χ1n) is 25.1. The SMILES string of the molecule is CCCCCCCCCc1ccnc(-c2cc(CCCCCCCCC)ccn2)c1.N#C[S-].[C-]#[N+]/C(=C\c1ccc(/C=C/c2ccnc(-c3cc(/C=C/c4ccc(/C=C(/C)C(=O)O)s4)ccn3)c2)s1)C(=O)O.[N-]=C=S.[Ru+2]. The number of pyridine rings is 4. The predicted octanol–water partition coefficient (Wildman–Crippen LogP) is 16.8. The Hall–Kier alpha value is -6.48. The van der Waals surface area contributed by atoms with Crippen LogP contribution >= 0.6 is 34.9 Å².